The number of hydrogen-bond acceptors (Lipinski definition) is 1. The highest BCUT2D eigenvalue weighted by molar-refractivity contribution is 6.17. The Morgan fingerprint density at radius 3 is 1.48 bits per heavy atom. The molecule has 0 amide bonds. The van der Waals surface area contributed by atoms with Crippen LogP contribution in [0.4, 0.5) is 17.1 Å². The average molecular weight is 715 g/mol. The molecular weight excluding hydrogens is 677 g/mol. The molecule has 1 aromatic heterocycles. The minimum Gasteiger partial charge on any atom is -0.309 e. The van der Waals surface area contributed by atoms with E-state index in [2.05, 4.69) is 240 Å². The SMILES string of the molecule is c1ccc(-c2ccc(N(c3ccccc3-c3ccccc3)c3cccc4c3c3ccccc3n4-c3cccc(-c4ccccc4)c3-c3ccccc3)cc2)cc1. The van der Waals surface area contributed by atoms with E-state index in [-0.39, 0.29) is 0 Å². The molecule has 0 saturated carbocycles. The summed E-state index contributed by atoms with van der Waals surface area (Å²) in [6, 6.07) is 83.1. The lowest BCUT2D eigenvalue weighted by atomic mass is 9.93. The molecule has 10 aromatic rings. The van der Waals surface area contributed by atoms with Crippen molar-refractivity contribution in [3.05, 3.63) is 231 Å². The third-order valence-corrected chi connectivity index (χ3v) is 10.8. The van der Waals surface area contributed by atoms with Gasteiger partial charge in [0.1, 0.15) is 0 Å². The van der Waals surface area contributed by atoms with E-state index in [1.807, 2.05) is 0 Å². The first-order valence-electron chi connectivity index (χ1n) is 19.2. The van der Waals surface area contributed by atoms with Gasteiger partial charge in [-0.3, -0.25) is 0 Å². The minimum absolute atomic E-state index is 1.09. The van der Waals surface area contributed by atoms with Gasteiger partial charge in [0.15, 0.2) is 0 Å². The predicted octanol–water partition coefficient (Wildman–Crippen LogP) is 14.9. The molecule has 0 atom stereocenters. The molecule has 1 heterocycles. The van der Waals surface area contributed by atoms with Gasteiger partial charge in [-0.25, -0.2) is 0 Å². The fraction of sp³-hybridized carbons (Fsp3) is 0. The zero-order valence-corrected chi connectivity index (χ0v) is 30.8. The number of hydrogen-bond donors (Lipinski definition) is 0. The van der Waals surface area contributed by atoms with Crippen molar-refractivity contribution in [2.24, 2.45) is 0 Å². The third-order valence-electron chi connectivity index (χ3n) is 10.8. The van der Waals surface area contributed by atoms with Crippen LogP contribution in [0.25, 0.3) is 72.0 Å². The van der Waals surface area contributed by atoms with Crippen LogP contribution in [-0.4, -0.2) is 4.57 Å². The van der Waals surface area contributed by atoms with Crippen molar-refractivity contribution in [2.75, 3.05) is 4.90 Å². The summed E-state index contributed by atoms with van der Waals surface area (Å²) in [6.45, 7) is 0. The summed E-state index contributed by atoms with van der Waals surface area (Å²) in [5.41, 5.74) is 16.3. The van der Waals surface area contributed by atoms with Gasteiger partial charge in [-0.1, -0.05) is 188 Å². The van der Waals surface area contributed by atoms with Crippen molar-refractivity contribution in [1.82, 2.24) is 4.57 Å². The molecule has 0 radical (unpaired) electrons. The standard InChI is InChI=1S/C54H38N2/c1-5-19-39(20-6-1)40-35-37-44(38-36-40)55(48-30-15-13-27-45(48)41-21-7-2-8-22-41)51-33-18-34-52-54(51)47-28-14-16-31-49(47)56(52)50-32-17-29-46(42-23-9-3-10-24-42)53(50)43-25-11-4-12-26-43/h1-38H. The van der Waals surface area contributed by atoms with E-state index in [4.69, 9.17) is 0 Å². The van der Waals surface area contributed by atoms with E-state index in [1.165, 1.54) is 55.3 Å². The van der Waals surface area contributed by atoms with Crippen molar-refractivity contribution in [2.45, 2.75) is 0 Å². The first-order valence-corrected chi connectivity index (χ1v) is 19.2. The van der Waals surface area contributed by atoms with E-state index in [9.17, 15) is 0 Å². The smallest absolute Gasteiger partial charge is 0.0562 e. The topological polar surface area (TPSA) is 8.17 Å². The second-order valence-corrected chi connectivity index (χ2v) is 14.1. The van der Waals surface area contributed by atoms with E-state index in [0.29, 0.717) is 0 Å². The molecule has 0 saturated heterocycles. The summed E-state index contributed by atoms with van der Waals surface area (Å²) < 4.78 is 2.47. The molecule has 9 aromatic carbocycles. The Hall–Kier alpha value is -7.42. The van der Waals surface area contributed by atoms with Crippen molar-refractivity contribution in [1.29, 1.82) is 0 Å². The number of aromatic nitrogens is 1. The highest BCUT2D eigenvalue weighted by Crippen LogP contribution is 2.48. The molecule has 56 heavy (non-hydrogen) atoms. The minimum atomic E-state index is 1.09. The van der Waals surface area contributed by atoms with Gasteiger partial charge >= 0.3 is 0 Å². The number of benzene rings is 9. The average Bonchev–Trinajstić information content (AvgIpc) is 3.63. The lowest BCUT2D eigenvalue weighted by Crippen LogP contribution is -2.11. The molecule has 264 valence electrons. The summed E-state index contributed by atoms with van der Waals surface area (Å²) in [4.78, 5) is 2.45. The molecule has 0 aliphatic heterocycles. The van der Waals surface area contributed by atoms with Gasteiger partial charge in [-0.05, 0) is 75.8 Å². The van der Waals surface area contributed by atoms with Crippen LogP contribution in [0.3, 0.4) is 0 Å². The molecule has 0 aliphatic rings. The number of anilines is 3. The van der Waals surface area contributed by atoms with Crippen molar-refractivity contribution in [3.8, 4) is 50.2 Å². The number of fused-ring (bicyclic) bond motifs is 3. The van der Waals surface area contributed by atoms with Crippen LogP contribution < -0.4 is 4.90 Å². The quantitative estimate of drug-likeness (QED) is 0.152. The van der Waals surface area contributed by atoms with Crippen LogP contribution in [0, 0.1) is 0 Å². The van der Waals surface area contributed by atoms with Gasteiger partial charge in [0.25, 0.3) is 0 Å². The maximum absolute atomic E-state index is 2.47. The van der Waals surface area contributed by atoms with Crippen LogP contribution in [0.2, 0.25) is 0 Å². The summed E-state index contributed by atoms with van der Waals surface area (Å²) in [5, 5.41) is 2.40. The molecule has 0 unspecified atom stereocenters. The Kier molecular flexibility index (Phi) is 8.55. The van der Waals surface area contributed by atoms with Crippen molar-refractivity contribution in [3.63, 3.8) is 0 Å². The van der Waals surface area contributed by atoms with Gasteiger partial charge in [-0.15, -0.1) is 0 Å². The Bertz CT molecular complexity index is 2930. The zero-order valence-electron chi connectivity index (χ0n) is 30.8. The molecule has 0 bridgehead atoms. The molecule has 0 aliphatic carbocycles. The Morgan fingerprint density at radius 1 is 0.304 bits per heavy atom. The van der Waals surface area contributed by atoms with E-state index in [1.54, 1.807) is 0 Å². The van der Waals surface area contributed by atoms with Crippen LogP contribution in [0.1, 0.15) is 0 Å². The Morgan fingerprint density at radius 2 is 0.786 bits per heavy atom. The van der Waals surface area contributed by atoms with Crippen molar-refractivity contribution < 1.29 is 0 Å². The maximum Gasteiger partial charge on any atom is 0.0562 e. The molecule has 10 rings (SSSR count). The van der Waals surface area contributed by atoms with Crippen LogP contribution >= 0.6 is 0 Å². The number of nitrogens with zero attached hydrogens (tertiary/aromatic N) is 2. The lowest BCUT2D eigenvalue weighted by molar-refractivity contribution is 1.18. The second-order valence-electron chi connectivity index (χ2n) is 14.1. The zero-order chi connectivity index (χ0) is 37.3. The van der Waals surface area contributed by atoms with E-state index >= 15 is 0 Å². The molecular formula is C54H38N2. The maximum atomic E-state index is 2.47. The van der Waals surface area contributed by atoms with Crippen molar-refractivity contribution >= 4 is 38.9 Å². The molecule has 0 N–H and O–H groups in total. The summed E-state index contributed by atoms with van der Waals surface area (Å²) in [5.74, 6) is 0. The monoisotopic (exact) mass is 714 g/mol. The highest BCUT2D eigenvalue weighted by atomic mass is 15.2. The number of rotatable bonds is 8. The third kappa shape index (κ3) is 5.85. The Labute approximate surface area is 327 Å². The first-order chi connectivity index (χ1) is 27.8. The highest BCUT2D eigenvalue weighted by Gasteiger charge is 2.24. The van der Waals surface area contributed by atoms with Gasteiger partial charge in [0.05, 0.1) is 28.1 Å². The van der Waals surface area contributed by atoms with Crippen LogP contribution in [0.5, 0.6) is 0 Å². The summed E-state index contributed by atoms with van der Waals surface area (Å²) in [7, 11) is 0. The first kappa shape index (κ1) is 33.2. The summed E-state index contributed by atoms with van der Waals surface area (Å²) in [6.07, 6.45) is 0. The predicted molar refractivity (Wildman–Crippen MR) is 237 cm³/mol. The molecule has 0 fully saturated rings. The molecule has 2 heteroatoms. The van der Waals surface area contributed by atoms with Crippen LogP contribution in [-0.2, 0) is 0 Å². The fourth-order valence-corrected chi connectivity index (χ4v) is 8.31. The number of para-hydroxylation sites is 2. The van der Waals surface area contributed by atoms with Gasteiger partial charge in [-0.2, -0.15) is 0 Å². The van der Waals surface area contributed by atoms with E-state index in [0.717, 1.165) is 33.8 Å². The molecule has 2 nitrogen and oxygen atoms in total. The lowest BCUT2D eigenvalue weighted by Gasteiger charge is -2.29. The normalized spacial score (nSPS) is 11.2. The molecule has 0 spiro atoms. The van der Waals surface area contributed by atoms with Gasteiger partial charge in [0.2, 0.25) is 0 Å². The fourth-order valence-electron chi connectivity index (χ4n) is 8.31. The second kappa shape index (κ2) is 14.4. The summed E-state index contributed by atoms with van der Waals surface area (Å²) >= 11 is 0. The van der Waals surface area contributed by atoms with Gasteiger partial charge in [0, 0.05) is 27.6 Å². The van der Waals surface area contributed by atoms with Gasteiger partial charge < -0.3 is 9.47 Å². The Balaban J connectivity index is 1.26. The van der Waals surface area contributed by atoms with E-state index < -0.39 is 0 Å². The largest absolute Gasteiger partial charge is 0.309 e. The van der Waals surface area contributed by atoms with Crippen LogP contribution in [0.15, 0.2) is 231 Å².